The number of nitrogens with zero attached hydrogens (tertiary/aromatic N) is 1. The average Bonchev–Trinajstić information content (AvgIpc) is 2.63. The summed E-state index contributed by atoms with van der Waals surface area (Å²) < 4.78 is 1.64. The number of hydrogen-bond acceptors (Lipinski definition) is 3. The largest absolute Gasteiger partial charge is 0.378 e. The van der Waals surface area contributed by atoms with Gasteiger partial charge in [0.25, 0.3) is 0 Å². The molecule has 0 amide bonds. The Balaban J connectivity index is 2.02. The van der Waals surface area contributed by atoms with E-state index in [1.54, 1.807) is 17.5 Å². The Labute approximate surface area is 105 Å². The van der Waals surface area contributed by atoms with Crippen molar-refractivity contribution in [3.05, 3.63) is 44.3 Å². The second-order valence-corrected chi connectivity index (χ2v) is 5.45. The summed E-state index contributed by atoms with van der Waals surface area (Å²) in [5.74, 6) is 0. The van der Waals surface area contributed by atoms with E-state index in [9.17, 15) is 0 Å². The molecule has 0 atom stereocenters. The standard InChI is InChI=1S/C10H8BrClN2S/c11-10-8(2-1-5-13-10)14-6-7-3-4-9(12)15-7/h1-5,14H,6H2. The molecule has 2 aromatic heterocycles. The van der Waals surface area contributed by atoms with Crippen LogP contribution in [0.3, 0.4) is 0 Å². The molecular formula is C10H8BrClN2S. The van der Waals surface area contributed by atoms with E-state index in [0.29, 0.717) is 0 Å². The van der Waals surface area contributed by atoms with Crippen LogP contribution in [0.25, 0.3) is 0 Å². The van der Waals surface area contributed by atoms with Gasteiger partial charge in [-0.05, 0) is 40.2 Å². The first-order chi connectivity index (χ1) is 7.25. The van der Waals surface area contributed by atoms with Crippen LogP contribution < -0.4 is 5.32 Å². The molecule has 2 heterocycles. The van der Waals surface area contributed by atoms with E-state index in [4.69, 9.17) is 11.6 Å². The van der Waals surface area contributed by atoms with Gasteiger partial charge in [0.05, 0.1) is 10.0 Å². The van der Waals surface area contributed by atoms with Crippen molar-refractivity contribution >= 4 is 44.6 Å². The third-order valence-electron chi connectivity index (χ3n) is 1.84. The van der Waals surface area contributed by atoms with Gasteiger partial charge in [0.1, 0.15) is 4.60 Å². The molecule has 0 aliphatic heterocycles. The second kappa shape index (κ2) is 4.96. The number of hydrogen-bond donors (Lipinski definition) is 1. The lowest BCUT2D eigenvalue weighted by Gasteiger charge is -2.05. The number of rotatable bonds is 3. The van der Waals surface area contributed by atoms with Crippen molar-refractivity contribution < 1.29 is 0 Å². The zero-order chi connectivity index (χ0) is 10.7. The molecule has 0 spiro atoms. The van der Waals surface area contributed by atoms with Crippen LogP contribution in [-0.4, -0.2) is 4.98 Å². The molecule has 0 aromatic carbocycles. The van der Waals surface area contributed by atoms with Crippen molar-refractivity contribution in [1.29, 1.82) is 0 Å². The maximum atomic E-state index is 5.84. The van der Waals surface area contributed by atoms with Gasteiger partial charge in [0.15, 0.2) is 0 Å². The summed E-state index contributed by atoms with van der Waals surface area (Å²) in [7, 11) is 0. The molecule has 0 bridgehead atoms. The summed E-state index contributed by atoms with van der Waals surface area (Å²) >= 11 is 10.8. The van der Waals surface area contributed by atoms with Crippen molar-refractivity contribution in [3.8, 4) is 0 Å². The van der Waals surface area contributed by atoms with Crippen molar-refractivity contribution in [3.63, 3.8) is 0 Å². The van der Waals surface area contributed by atoms with Crippen LogP contribution in [0.5, 0.6) is 0 Å². The number of thiophene rings is 1. The SMILES string of the molecule is Clc1ccc(CNc2cccnc2Br)s1. The Hall–Kier alpha value is -0.580. The molecule has 0 aliphatic carbocycles. The zero-order valence-electron chi connectivity index (χ0n) is 7.71. The molecular weight excluding hydrogens is 296 g/mol. The van der Waals surface area contributed by atoms with Crippen LogP contribution in [-0.2, 0) is 6.54 Å². The van der Waals surface area contributed by atoms with Crippen LogP contribution in [0.15, 0.2) is 35.1 Å². The van der Waals surface area contributed by atoms with Crippen LogP contribution in [0, 0.1) is 0 Å². The first-order valence-electron chi connectivity index (χ1n) is 4.34. The molecule has 0 saturated heterocycles. The Morgan fingerprint density at radius 1 is 1.40 bits per heavy atom. The van der Waals surface area contributed by atoms with E-state index in [-0.39, 0.29) is 0 Å². The summed E-state index contributed by atoms with van der Waals surface area (Å²) in [6.07, 6.45) is 1.75. The minimum absolute atomic E-state index is 0.766. The smallest absolute Gasteiger partial charge is 0.129 e. The molecule has 0 saturated carbocycles. The minimum Gasteiger partial charge on any atom is -0.378 e. The lowest BCUT2D eigenvalue weighted by atomic mass is 10.4. The van der Waals surface area contributed by atoms with Gasteiger partial charge >= 0.3 is 0 Å². The highest BCUT2D eigenvalue weighted by Gasteiger charge is 2.01. The maximum Gasteiger partial charge on any atom is 0.129 e. The monoisotopic (exact) mass is 302 g/mol. The molecule has 2 nitrogen and oxygen atoms in total. The van der Waals surface area contributed by atoms with Crippen LogP contribution in [0.1, 0.15) is 4.88 Å². The molecule has 0 fully saturated rings. The number of pyridine rings is 1. The number of anilines is 1. The minimum atomic E-state index is 0.766. The molecule has 2 aromatic rings. The highest BCUT2D eigenvalue weighted by atomic mass is 79.9. The first-order valence-corrected chi connectivity index (χ1v) is 6.33. The summed E-state index contributed by atoms with van der Waals surface area (Å²) in [5, 5.41) is 3.28. The van der Waals surface area contributed by atoms with E-state index in [1.807, 2.05) is 24.3 Å². The quantitative estimate of drug-likeness (QED) is 0.861. The van der Waals surface area contributed by atoms with Gasteiger partial charge in [-0.2, -0.15) is 0 Å². The Morgan fingerprint density at radius 3 is 2.93 bits per heavy atom. The lowest BCUT2D eigenvalue weighted by molar-refractivity contribution is 1.16. The molecule has 0 unspecified atom stereocenters. The number of aromatic nitrogens is 1. The predicted octanol–water partition coefficient (Wildman–Crippen LogP) is 4.17. The van der Waals surface area contributed by atoms with Crippen LogP contribution in [0.2, 0.25) is 4.34 Å². The Morgan fingerprint density at radius 2 is 2.27 bits per heavy atom. The summed E-state index contributed by atoms with van der Waals surface area (Å²) in [6, 6.07) is 7.80. The van der Waals surface area contributed by atoms with Gasteiger partial charge in [0.2, 0.25) is 0 Å². The average molecular weight is 304 g/mol. The van der Waals surface area contributed by atoms with E-state index < -0.39 is 0 Å². The number of nitrogens with one attached hydrogen (secondary N) is 1. The normalized spacial score (nSPS) is 10.3. The van der Waals surface area contributed by atoms with Gasteiger partial charge in [-0.1, -0.05) is 11.6 Å². The fourth-order valence-corrected chi connectivity index (χ4v) is 2.56. The van der Waals surface area contributed by atoms with Crippen molar-refractivity contribution in [2.75, 3.05) is 5.32 Å². The molecule has 2 rings (SSSR count). The zero-order valence-corrected chi connectivity index (χ0v) is 10.9. The van der Waals surface area contributed by atoms with Gasteiger partial charge in [-0.15, -0.1) is 11.3 Å². The fourth-order valence-electron chi connectivity index (χ4n) is 1.15. The topological polar surface area (TPSA) is 24.9 Å². The highest BCUT2D eigenvalue weighted by molar-refractivity contribution is 9.10. The highest BCUT2D eigenvalue weighted by Crippen LogP contribution is 2.24. The van der Waals surface area contributed by atoms with Crippen LogP contribution >= 0.6 is 38.9 Å². The van der Waals surface area contributed by atoms with E-state index in [2.05, 4.69) is 26.2 Å². The third kappa shape index (κ3) is 2.93. The molecule has 15 heavy (non-hydrogen) atoms. The molecule has 0 aliphatic rings. The van der Waals surface area contributed by atoms with Crippen LogP contribution in [0.4, 0.5) is 5.69 Å². The molecule has 78 valence electrons. The Bertz CT molecular complexity index is 458. The third-order valence-corrected chi connectivity index (χ3v) is 3.70. The number of halogens is 2. The Kier molecular flexibility index (Phi) is 3.61. The van der Waals surface area contributed by atoms with Crippen molar-refractivity contribution in [1.82, 2.24) is 4.98 Å². The van der Waals surface area contributed by atoms with E-state index in [1.165, 1.54) is 4.88 Å². The summed E-state index contributed by atoms with van der Waals surface area (Å²) in [6.45, 7) is 0.766. The predicted molar refractivity (Wildman–Crippen MR) is 68.6 cm³/mol. The van der Waals surface area contributed by atoms with Crippen molar-refractivity contribution in [2.24, 2.45) is 0 Å². The van der Waals surface area contributed by atoms with Gasteiger partial charge < -0.3 is 5.32 Å². The van der Waals surface area contributed by atoms with E-state index >= 15 is 0 Å². The van der Waals surface area contributed by atoms with Crippen molar-refractivity contribution in [2.45, 2.75) is 6.54 Å². The maximum absolute atomic E-state index is 5.84. The molecule has 1 N–H and O–H groups in total. The van der Waals surface area contributed by atoms with Gasteiger partial charge in [0, 0.05) is 17.6 Å². The molecule has 5 heteroatoms. The fraction of sp³-hybridized carbons (Fsp3) is 0.100. The first kappa shape index (κ1) is 10.9. The summed E-state index contributed by atoms with van der Waals surface area (Å²) in [4.78, 5) is 5.33. The van der Waals surface area contributed by atoms with E-state index in [0.717, 1.165) is 21.2 Å². The van der Waals surface area contributed by atoms with Gasteiger partial charge in [-0.3, -0.25) is 0 Å². The second-order valence-electron chi connectivity index (χ2n) is 2.90. The van der Waals surface area contributed by atoms with Gasteiger partial charge in [-0.25, -0.2) is 4.98 Å². The summed E-state index contributed by atoms with van der Waals surface area (Å²) in [5.41, 5.74) is 0.988. The lowest BCUT2D eigenvalue weighted by Crippen LogP contribution is -1.98. The molecule has 0 radical (unpaired) electrons.